The molecule has 0 aliphatic heterocycles. The summed E-state index contributed by atoms with van der Waals surface area (Å²) >= 11 is 0. The Labute approximate surface area is 137 Å². The Balaban J connectivity index is 2.83. The van der Waals surface area contributed by atoms with Crippen LogP contribution in [0.5, 0.6) is 0 Å². The Hall–Kier alpha value is -2.56. The highest BCUT2D eigenvalue weighted by atomic mass is 19.4. The summed E-state index contributed by atoms with van der Waals surface area (Å²) in [6.45, 7) is 1.97. The van der Waals surface area contributed by atoms with E-state index in [1.165, 1.54) is 4.90 Å². The molecule has 24 heavy (non-hydrogen) atoms. The molecule has 0 aliphatic rings. The van der Waals surface area contributed by atoms with Crippen molar-refractivity contribution in [1.29, 1.82) is 5.26 Å². The fourth-order valence-corrected chi connectivity index (χ4v) is 1.94. The first kappa shape index (κ1) is 19.5. The number of alkyl halides is 3. The number of nitrogens with zero attached hydrogens (tertiary/aromatic N) is 2. The SMILES string of the molecule is CCOC(=O)CCN(CCC#N)C(=O)c1ccc(C(F)(F)F)cc1. The van der Waals surface area contributed by atoms with E-state index in [0.717, 1.165) is 24.3 Å². The van der Waals surface area contributed by atoms with Gasteiger partial charge in [-0.25, -0.2) is 0 Å². The van der Waals surface area contributed by atoms with Gasteiger partial charge in [0.05, 0.1) is 31.1 Å². The van der Waals surface area contributed by atoms with Crippen molar-refractivity contribution >= 4 is 11.9 Å². The maximum Gasteiger partial charge on any atom is 0.416 e. The van der Waals surface area contributed by atoms with Gasteiger partial charge in [0.1, 0.15) is 0 Å². The summed E-state index contributed by atoms with van der Waals surface area (Å²) in [6, 6.07) is 5.69. The lowest BCUT2D eigenvalue weighted by Crippen LogP contribution is -2.34. The van der Waals surface area contributed by atoms with E-state index in [0.29, 0.717) is 0 Å². The Morgan fingerprint density at radius 2 is 1.83 bits per heavy atom. The molecule has 0 aliphatic carbocycles. The molecule has 8 heteroatoms. The van der Waals surface area contributed by atoms with Gasteiger partial charge in [-0.05, 0) is 31.2 Å². The molecule has 0 radical (unpaired) electrons. The van der Waals surface area contributed by atoms with Gasteiger partial charge in [0.25, 0.3) is 5.91 Å². The third-order valence-corrected chi connectivity index (χ3v) is 3.13. The van der Waals surface area contributed by atoms with Crippen molar-refractivity contribution in [2.75, 3.05) is 19.7 Å². The first-order valence-corrected chi connectivity index (χ1v) is 7.28. The van der Waals surface area contributed by atoms with Gasteiger partial charge >= 0.3 is 12.1 Å². The first-order chi connectivity index (χ1) is 11.3. The molecule has 0 fully saturated rings. The second-order valence-corrected chi connectivity index (χ2v) is 4.83. The number of nitriles is 1. The molecule has 0 N–H and O–H groups in total. The van der Waals surface area contributed by atoms with Crippen LogP contribution in [0.2, 0.25) is 0 Å². The molecule has 0 heterocycles. The fraction of sp³-hybridized carbons (Fsp3) is 0.438. The van der Waals surface area contributed by atoms with Crippen LogP contribution in [0.15, 0.2) is 24.3 Å². The van der Waals surface area contributed by atoms with Gasteiger partial charge in [-0.3, -0.25) is 9.59 Å². The van der Waals surface area contributed by atoms with Crippen molar-refractivity contribution < 1.29 is 27.5 Å². The first-order valence-electron chi connectivity index (χ1n) is 7.28. The van der Waals surface area contributed by atoms with Gasteiger partial charge < -0.3 is 9.64 Å². The van der Waals surface area contributed by atoms with Gasteiger partial charge in [0.2, 0.25) is 0 Å². The molecule has 1 aromatic carbocycles. The largest absolute Gasteiger partial charge is 0.466 e. The number of hydrogen-bond acceptors (Lipinski definition) is 4. The van der Waals surface area contributed by atoms with Crippen molar-refractivity contribution in [3.8, 4) is 6.07 Å². The molecule has 1 amide bonds. The summed E-state index contributed by atoms with van der Waals surface area (Å²) in [6.07, 6.45) is -4.48. The molecule has 0 bridgehead atoms. The number of carbonyl (C=O) groups excluding carboxylic acids is 2. The van der Waals surface area contributed by atoms with Crippen molar-refractivity contribution in [1.82, 2.24) is 4.90 Å². The van der Waals surface area contributed by atoms with E-state index in [1.807, 2.05) is 6.07 Å². The number of halogens is 3. The minimum atomic E-state index is -4.48. The Kier molecular flexibility index (Phi) is 7.24. The summed E-state index contributed by atoms with van der Waals surface area (Å²) in [4.78, 5) is 25.0. The van der Waals surface area contributed by atoms with E-state index < -0.39 is 23.6 Å². The summed E-state index contributed by atoms with van der Waals surface area (Å²) in [5.74, 6) is -1.03. The van der Waals surface area contributed by atoms with E-state index in [4.69, 9.17) is 10.00 Å². The molecule has 130 valence electrons. The van der Waals surface area contributed by atoms with Gasteiger partial charge in [0, 0.05) is 18.7 Å². The number of amides is 1. The Morgan fingerprint density at radius 3 is 2.33 bits per heavy atom. The number of carbonyl (C=O) groups is 2. The number of rotatable bonds is 7. The van der Waals surface area contributed by atoms with Crippen molar-refractivity contribution in [2.24, 2.45) is 0 Å². The Morgan fingerprint density at radius 1 is 1.21 bits per heavy atom. The topological polar surface area (TPSA) is 70.4 Å². The smallest absolute Gasteiger partial charge is 0.416 e. The lowest BCUT2D eigenvalue weighted by Gasteiger charge is -2.21. The third kappa shape index (κ3) is 5.91. The monoisotopic (exact) mass is 342 g/mol. The molecular formula is C16H17F3N2O3. The second kappa shape index (κ2) is 8.91. The summed E-state index contributed by atoms with van der Waals surface area (Å²) in [7, 11) is 0. The molecule has 5 nitrogen and oxygen atoms in total. The van der Waals surface area contributed by atoms with Gasteiger partial charge in [0.15, 0.2) is 0 Å². The van der Waals surface area contributed by atoms with Crippen LogP contribution in [0, 0.1) is 11.3 Å². The fourth-order valence-electron chi connectivity index (χ4n) is 1.94. The number of esters is 1. The molecule has 1 aromatic rings. The molecule has 0 saturated heterocycles. The Bertz CT molecular complexity index is 606. The zero-order valence-corrected chi connectivity index (χ0v) is 13.1. The molecule has 0 saturated carbocycles. The minimum absolute atomic E-state index is 0.0281. The normalized spacial score (nSPS) is 10.8. The van der Waals surface area contributed by atoms with Gasteiger partial charge in [-0.1, -0.05) is 0 Å². The number of hydrogen-bond donors (Lipinski definition) is 0. The molecular weight excluding hydrogens is 325 g/mol. The zero-order chi connectivity index (χ0) is 18.2. The lowest BCUT2D eigenvalue weighted by molar-refractivity contribution is -0.143. The van der Waals surface area contributed by atoms with Gasteiger partial charge in [-0.15, -0.1) is 0 Å². The van der Waals surface area contributed by atoms with Crippen molar-refractivity contribution in [3.63, 3.8) is 0 Å². The van der Waals surface area contributed by atoms with Crippen LogP contribution < -0.4 is 0 Å². The van der Waals surface area contributed by atoms with Crippen molar-refractivity contribution in [2.45, 2.75) is 25.9 Å². The quantitative estimate of drug-likeness (QED) is 0.714. The van der Waals surface area contributed by atoms with Crippen LogP contribution in [0.25, 0.3) is 0 Å². The van der Waals surface area contributed by atoms with Crippen LogP contribution in [0.4, 0.5) is 13.2 Å². The zero-order valence-electron chi connectivity index (χ0n) is 13.1. The van der Waals surface area contributed by atoms with Crippen LogP contribution in [-0.2, 0) is 15.7 Å². The van der Waals surface area contributed by atoms with E-state index in [-0.39, 0.29) is 38.1 Å². The van der Waals surface area contributed by atoms with E-state index >= 15 is 0 Å². The second-order valence-electron chi connectivity index (χ2n) is 4.83. The highest BCUT2D eigenvalue weighted by molar-refractivity contribution is 5.94. The van der Waals surface area contributed by atoms with Crippen LogP contribution in [0.1, 0.15) is 35.7 Å². The predicted molar refractivity (Wildman–Crippen MR) is 78.8 cm³/mol. The number of ether oxygens (including phenoxy) is 1. The average Bonchev–Trinajstić information content (AvgIpc) is 2.54. The molecule has 0 atom stereocenters. The van der Waals surface area contributed by atoms with Gasteiger partial charge in [-0.2, -0.15) is 18.4 Å². The van der Waals surface area contributed by atoms with E-state index in [2.05, 4.69) is 0 Å². The average molecular weight is 342 g/mol. The molecule has 0 aromatic heterocycles. The van der Waals surface area contributed by atoms with E-state index in [1.54, 1.807) is 6.92 Å². The van der Waals surface area contributed by atoms with E-state index in [9.17, 15) is 22.8 Å². The highest BCUT2D eigenvalue weighted by Gasteiger charge is 2.30. The standard InChI is InChI=1S/C16H17F3N2O3/c1-2-24-14(22)8-11-21(10-3-9-20)15(23)12-4-6-13(7-5-12)16(17,18)19/h4-7H,2-3,8,10-11H2,1H3. The summed E-state index contributed by atoms with van der Waals surface area (Å²) < 4.78 is 42.4. The lowest BCUT2D eigenvalue weighted by atomic mass is 10.1. The van der Waals surface area contributed by atoms with Crippen LogP contribution in [0.3, 0.4) is 0 Å². The maximum absolute atomic E-state index is 12.5. The third-order valence-electron chi connectivity index (χ3n) is 3.13. The predicted octanol–water partition coefficient (Wildman–Crippen LogP) is 3.01. The molecule has 0 unspecified atom stereocenters. The van der Waals surface area contributed by atoms with Crippen LogP contribution >= 0.6 is 0 Å². The number of benzene rings is 1. The summed E-state index contributed by atoms with van der Waals surface area (Å²) in [5, 5.41) is 8.65. The molecule has 0 spiro atoms. The highest BCUT2D eigenvalue weighted by Crippen LogP contribution is 2.29. The summed E-state index contributed by atoms with van der Waals surface area (Å²) in [5.41, 5.74) is -0.793. The van der Waals surface area contributed by atoms with Crippen molar-refractivity contribution in [3.05, 3.63) is 35.4 Å². The molecule has 1 rings (SSSR count). The minimum Gasteiger partial charge on any atom is -0.466 e. The maximum atomic E-state index is 12.5. The van der Waals surface area contributed by atoms with Crippen LogP contribution in [-0.4, -0.2) is 36.5 Å².